The predicted octanol–water partition coefficient (Wildman–Crippen LogP) is 0.886. The maximum absolute atomic E-state index is 10.4. The number of non-ortho nitro benzene ring substituents is 1. The highest BCUT2D eigenvalue weighted by Crippen LogP contribution is 2.20. The first kappa shape index (κ1) is 9.63. The van der Waals surface area contributed by atoms with Crippen molar-refractivity contribution in [3.8, 4) is 0 Å². The first-order chi connectivity index (χ1) is 6.00. The third-order valence-corrected chi connectivity index (χ3v) is 1.59. The van der Waals surface area contributed by atoms with E-state index in [4.69, 9.17) is 10.2 Å². The lowest BCUT2D eigenvalue weighted by Gasteiger charge is -2.04. The highest BCUT2D eigenvalue weighted by Gasteiger charge is 2.11. The average molecular weight is 183 g/mol. The predicted molar refractivity (Wildman–Crippen MR) is 45.0 cm³/mol. The van der Waals surface area contributed by atoms with Gasteiger partial charge < -0.3 is 10.2 Å². The fraction of sp³-hybridized carbons (Fsp3) is 0.250. The zero-order valence-corrected chi connectivity index (χ0v) is 6.97. The molecule has 0 saturated heterocycles. The largest absolute Gasteiger partial charge is 0.364 e. The quantitative estimate of drug-likeness (QED) is 0.405. The van der Waals surface area contributed by atoms with Crippen LogP contribution in [0.25, 0.3) is 0 Å². The molecule has 0 aromatic heterocycles. The van der Waals surface area contributed by atoms with Crippen LogP contribution in [0.15, 0.2) is 18.2 Å². The number of aliphatic hydroxyl groups excluding tert-OH is 1. The molecule has 0 bridgehead atoms. The molecule has 1 aromatic carbocycles. The van der Waals surface area contributed by atoms with E-state index in [-0.39, 0.29) is 11.3 Å². The molecule has 0 aliphatic heterocycles. The Bertz CT molecular complexity index is 335. The summed E-state index contributed by atoms with van der Waals surface area (Å²) in [5.41, 5.74) is 0.618. The summed E-state index contributed by atoms with van der Waals surface area (Å²) < 4.78 is 0. The summed E-state index contributed by atoms with van der Waals surface area (Å²) in [7, 11) is 0. The van der Waals surface area contributed by atoms with Crippen LogP contribution in [-0.2, 0) is 0 Å². The van der Waals surface area contributed by atoms with Gasteiger partial charge in [0, 0.05) is 17.7 Å². The van der Waals surface area contributed by atoms with Crippen LogP contribution in [0.3, 0.4) is 0 Å². The van der Waals surface area contributed by atoms with Gasteiger partial charge in [-0.3, -0.25) is 10.1 Å². The molecule has 70 valence electrons. The molecule has 0 atom stereocenters. The molecule has 5 nitrogen and oxygen atoms in total. The number of nitro groups is 1. The molecule has 0 amide bonds. The number of rotatable bonds is 2. The second-order valence-corrected chi connectivity index (χ2v) is 2.73. The maximum atomic E-state index is 10.4. The Morgan fingerprint density at radius 2 is 2.00 bits per heavy atom. The van der Waals surface area contributed by atoms with Gasteiger partial charge in [0.05, 0.1) is 4.92 Å². The summed E-state index contributed by atoms with van der Waals surface area (Å²) in [6.07, 6.45) is -1.67. The molecular formula is C8H9NO4. The molecule has 2 N–H and O–H groups in total. The Kier molecular flexibility index (Phi) is 2.60. The highest BCUT2D eigenvalue weighted by atomic mass is 16.6. The number of hydrogen-bond acceptors (Lipinski definition) is 4. The summed E-state index contributed by atoms with van der Waals surface area (Å²) in [5.74, 6) is 0. The number of nitrogens with zero attached hydrogens (tertiary/aromatic N) is 1. The second kappa shape index (κ2) is 3.51. The van der Waals surface area contributed by atoms with Gasteiger partial charge in [-0.15, -0.1) is 0 Å². The molecule has 0 unspecified atom stereocenters. The summed E-state index contributed by atoms with van der Waals surface area (Å²) in [6.45, 7) is 1.65. The number of nitro benzene ring substituents is 1. The zero-order chi connectivity index (χ0) is 10.0. The van der Waals surface area contributed by atoms with Gasteiger partial charge in [-0.2, -0.15) is 0 Å². The minimum absolute atomic E-state index is 0.131. The summed E-state index contributed by atoms with van der Waals surface area (Å²) in [6, 6.07) is 3.99. The van der Waals surface area contributed by atoms with E-state index in [0.717, 1.165) is 6.07 Å². The number of benzene rings is 1. The van der Waals surface area contributed by atoms with E-state index in [9.17, 15) is 10.1 Å². The van der Waals surface area contributed by atoms with Crippen molar-refractivity contribution in [2.45, 2.75) is 13.2 Å². The molecule has 0 spiro atoms. The zero-order valence-electron chi connectivity index (χ0n) is 6.97. The van der Waals surface area contributed by atoms with Gasteiger partial charge in [-0.1, -0.05) is 6.07 Å². The van der Waals surface area contributed by atoms with E-state index in [1.807, 2.05) is 0 Å². The van der Waals surface area contributed by atoms with Gasteiger partial charge in [0.1, 0.15) is 0 Å². The van der Waals surface area contributed by atoms with Crippen molar-refractivity contribution in [2.24, 2.45) is 0 Å². The van der Waals surface area contributed by atoms with Crippen molar-refractivity contribution in [2.75, 3.05) is 0 Å². The lowest BCUT2D eigenvalue weighted by molar-refractivity contribution is -0.385. The maximum Gasteiger partial charge on any atom is 0.270 e. The molecule has 1 rings (SSSR count). The molecule has 0 fully saturated rings. The monoisotopic (exact) mass is 183 g/mol. The van der Waals surface area contributed by atoms with E-state index in [1.165, 1.54) is 12.1 Å². The van der Waals surface area contributed by atoms with Crippen LogP contribution in [0.5, 0.6) is 0 Å². The molecule has 0 radical (unpaired) electrons. The molecule has 1 aromatic rings. The van der Waals surface area contributed by atoms with E-state index in [0.29, 0.717) is 5.56 Å². The first-order valence-corrected chi connectivity index (χ1v) is 3.63. The molecule has 0 saturated carbocycles. The average Bonchev–Trinajstić information content (AvgIpc) is 2.03. The van der Waals surface area contributed by atoms with E-state index in [1.54, 1.807) is 6.92 Å². The van der Waals surface area contributed by atoms with Gasteiger partial charge in [0.25, 0.3) is 5.69 Å². The summed E-state index contributed by atoms with van der Waals surface area (Å²) in [4.78, 5) is 9.80. The van der Waals surface area contributed by atoms with Crippen molar-refractivity contribution in [3.05, 3.63) is 39.4 Å². The molecule has 13 heavy (non-hydrogen) atoms. The van der Waals surface area contributed by atoms with Crippen LogP contribution >= 0.6 is 0 Å². The Hall–Kier alpha value is -1.46. The minimum atomic E-state index is -1.67. The van der Waals surface area contributed by atoms with Gasteiger partial charge >= 0.3 is 0 Å². The molecule has 0 aliphatic rings. The van der Waals surface area contributed by atoms with Crippen LogP contribution in [-0.4, -0.2) is 15.1 Å². The fourth-order valence-electron chi connectivity index (χ4n) is 1.05. The Morgan fingerprint density at radius 3 is 2.46 bits per heavy atom. The Balaban J connectivity index is 3.19. The van der Waals surface area contributed by atoms with E-state index < -0.39 is 11.2 Å². The van der Waals surface area contributed by atoms with Crippen LogP contribution in [0.4, 0.5) is 5.69 Å². The van der Waals surface area contributed by atoms with Crippen molar-refractivity contribution < 1.29 is 15.1 Å². The molecular weight excluding hydrogens is 174 g/mol. The fourth-order valence-corrected chi connectivity index (χ4v) is 1.05. The van der Waals surface area contributed by atoms with Crippen LogP contribution in [0.2, 0.25) is 0 Å². The van der Waals surface area contributed by atoms with E-state index in [2.05, 4.69) is 0 Å². The smallest absolute Gasteiger partial charge is 0.270 e. The Morgan fingerprint density at radius 1 is 1.38 bits per heavy atom. The van der Waals surface area contributed by atoms with Crippen molar-refractivity contribution in [3.63, 3.8) is 0 Å². The number of aryl methyl sites for hydroxylation is 1. The third kappa shape index (κ3) is 2.24. The SMILES string of the molecule is Cc1cc(C(O)O)cc([N+](=O)[O-])c1. The molecule has 0 aliphatic carbocycles. The van der Waals surface area contributed by atoms with E-state index >= 15 is 0 Å². The van der Waals surface area contributed by atoms with Crippen molar-refractivity contribution in [1.82, 2.24) is 0 Å². The van der Waals surface area contributed by atoms with Crippen molar-refractivity contribution >= 4 is 5.69 Å². The van der Waals surface area contributed by atoms with Gasteiger partial charge in [-0.25, -0.2) is 0 Å². The third-order valence-electron chi connectivity index (χ3n) is 1.59. The van der Waals surface area contributed by atoms with Crippen LogP contribution in [0.1, 0.15) is 17.4 Å². The standard InChI is InChI=1S/C8H9NO4/c1-5-2-6(8(10)11)4-7(3-5)9(12)13/h2-4,8,10-11H,1H3. The number of hydrogen-bond donors (Lipinski definition) is 2. The lowest BCUT2D eigenvalue weighted by Crippen LogP contribution is -1.97. The van der Waals surface area contributed by atoms with Crippen LogP contribution < -0.4 is 0 Å². The van der Waals surface area contributed by atoms with Gasteiger partial charge in [-0.05, 0) is 12.5 Å². The normalized spacial score (nSPS) is 10.5. The highest BCUT2D eigenvalue weighted by molar-refractivity contribution is 5.39. The second-order valence-electron chi connectivity index (χ2n) is 2.73. The van der Waals surface area contributed by atoms with Crippen LogP contribution in [0, 0.1) is 17.0 Å². The first-order valence-electron chi connectivity index (χ1n) is 3.63. The lowest BCUT2D eigenvalue weighted by atomic mass is 10.1. The van der Waals surface area contributed by atoms with Gasteiger partial charge in [0.15, 0.2) is 6.29 Å². The van der Waals surface area contributed by atoms with Gasteiger partial charge in [0.2, 0.25) is 0 Å². The molecule has 5 heteroatoms. The minimum Gasteiger partial charge on any atom is -0.364 e. The summed E-state index contributed by atoms with van der Waals surface area (Å²) in [5, 5.41) is 27.9. The number of aliphatic hydroxyl groups is 2. The summed E-state index contributed by atoms with van der Waals surface area (Å²) >= 11 is 0. The Labute approximate surface area is 74.4 Å². The molecule has 0 heterocycles. The topological polar surface area (TPSA) is 83.6 Å². The van der Waals surface area contributed by atoms with Crippen molar-refractivity contribution in [1.29, 1.82) is 0 Å².